The van der Waals surface area contributed by atoms with E-state index in [1.165, 1.54) is 0 Å². The van der Waals surface area contributed by atoms with Crippen LogP contribution in [0.15, 0.2) is 11.1 Å². The van der Waals surface area contributed by atoms with Gasteiger partial charge in [-0.2, -0.15) is 0 Å². The van der Waals surface area contributed by atoms with E-state index in [-0.39, 0.29) is 17.9 Å². The monoisotopic (exact) mass is 182 g/mol. The van der Waals surface area contributed by atoms with Crippen molar-refractivity contribution in [3.05, 3.63) is 11.1 Å². The third kappa shape index (κ3) is 1.62. The molecule has 0 radical (unpaired) electrons. The number of carbonyl (C=O) groups excluding carboxylic acids is 2. The molecule has 0 aromatic heterocycles. The normalized spacial score (nSPS) is 19.3. The Morgan fingerprint density at radius 3 is 2.38 bits per heavy atom. The van der Waals surface area contributed by atoms with E-state index < -0.39 is 0 Å². The van der Waals surface area contributed by atoms with E-state index in [2.05, 4.69) is 5.32 Å². The van der Waals surface area contributed by atoms with Crippen LogP contribution in [0.4, 0.5) is 0 Å². The maximum atomic E-state index is 11.3. The van der Waals surface area contributed by atoms with Crippen molar-refractivity contribution in [1.82, 2.24) is 5.32 Å². The van der Waals surface area contributed by atoms with Crippen molar-refractivity contribution in [2.75, 3.05) is 0 Å². The number of amides is 2. The molecule has 4 nitrogen and oxygen atoms in total. The van der Waals surface area contributed by atoms with Gasteiger partial charge in [0.25, 0.3) is 11.8 Å². The number of nitrogens with one attached hydrogen (secondary N) is 1. The van der Waals surface area contributed by atoms with E-state index in [9.17, 15) is 9.59 Å². The van der Waals surface area contributed by atoms with Gasteiger partial charge in [0, 0.05) is 17.2 Å². The van der Waals surface area contributed by atoms with Gasteiger partial charge < -0.3 is 5.73 Å². The first kappa shape index (κ1) is 9.92. The highest BCUT2D eigenvalue weighted by atomic mass is 16.2. The van der Waals surface area contributed by atoms with Crippen LogP contribution in [0.3, 0.4) is 0 Å². The average Bonchev–Trinajstić information content (AvgIpc) is 2.39. The Kier molecular flexibility index (Phi) is 2.83. The van der Waals surface area contributed by atoms with Crippen LogP contribution in [0, 0.1) is 0 Å². The van der Waals surface area contributed by atoms with Gasteiger partial charge in [0.1, 0.15) is 0 Å². The van der Waals surface area contributed by atoms with Crippen molar-refractivity contribution in [3.8, 4) is 0 Å². The van der Waals surface area contributed by atoms with Crippen LogP contribution in [0.5, 0.6) is 0 Å². The molecule has 1 aliphatic heterocycles. The Morgan fingerprint density at radius 2 is 1.92 bits per heavy atom. The third-order valence-corrected chi connectivity index (χ3v) is 2.24. The summed E-state index contributed by atoms with van der Waals surface area (Å²) in [7, 11) is 0. The Balaban J connectivity index is 3.05. The van der Waals surface area contributed by atoms with Gasteiger partial charge in [-0.15, -0.1) is 0 Å². The number of imide groups is 1. The molecule has 2 amide bonds. The second kappa shape index (κ2) is 3.70. The molecule has 0 saturated heterocycles. The molecule has 0 aromatic carbocycles. The molecule has 1 aliphatic rings. The highest BCUT2D eigenvalue weighted by molar-refractivity contribution is 6.19. The van der Waals surface area contributed by atoms with Crippen molar-refractivity contribution in [1.29, 1.82) is 0 Å². The molecule has 1 rings (SSSR count). The van der Waals surface area contributed by atoms with Gasteiger partial charge in [0.2, 0.25) is 0 Å². The molecule has 1 heterocycles. The van der Waals surface area contributed by atoms with Crippen LogP contribution >= 0.6 is 0 Å². The van der Waals surface area contributed by atoms with Crippen molar-refractivity contribution in [2.45, 2.75) is 32.7 Å². The molecule has 0 spiro atoms. The second-order valence-electron chi connectivity index (χ2n) is 3.04. The summed E-state index contributed by atoms with van der Waals surface area (Å²) < 4.78 is 0. The largest absolute Gasteiger partial charge is 0.324 e. The van der Waals surface area contributed by atoms with Gasteiger partial charge in [-0.05, 0) is 12.8 Å². The quantitative estimate of drug-likeness (QED) is 0.607. The van der Waals surface area contributed by atoms with Crippen molar-refractivity contribution in [2.24, 2.45) is 5.73 Å². The zero-order chi connectivity index (χ0) is 10.0. The summed E-state index contributed by atoms with van der Waals surface area (Å²) in [5.74, 6) is -0.609. The van der Waals surface area contributed by atoms with Crippen LogP contribution in [0.1, 0.15) is 26.7 Å². The van der Waals surface area contributed by atoms with Crippen molar-refractivity contribution in [3.63, 3.8) is 0 Å². The number of hydrogen-bond acceptors (Lipinski definition) is 3. The van der Waals surface area contributed by atoms with Gasteiger partial charge in [0.05, 0.1) is 0 Å². The summed E-state index contributed by atoms with van der Waals surface area (Å²) in [4.78, 5) is 22.5. The number of rotatable bonds is 3. The number of nitrogens with two attached hydrogens (primary N) is 1. The molecule has 0 saturated carbocycles. The zero-order valence-electron chi connectivity index (χ0n) is 7.89. The van der Waals surface area contributed by atoms with Crippen LogP contribution < -0.4 is 11.1 Å². The minimum absolute atomic E-state index is 0.286. The molecule has 3 N–H and O–H groups in total. The summed E-state index contributed by atoms with van der Waals surface area (Å²) in [5, 5.41) is 2.25. The summed E-state index contributed by atoms with van der Waals surface area (Å²) in [5.41, 5.74) is 6.73. The highest BCUT2D eigenvalue weighted by Gasteiger charge is 2.31. The van der Waals surface area contributed by atoms with E-state index in [0.717, 1.165) is 0 Å². The summed E-state index contributed by atoms with van der Waals surface area (Å²) in [6.45, 7) is 3.73. The maximum absolute atomic E-state index is 11.3. The minimum atomic E-state index is -0.323. The Morgan fingerprint density at radius 1 is 1.31 bits per heavy atom. The number of hydrogen-bond donors (Lipinski definition) is 2. The fraction of sp³-hybridized carbons (Fsp3) is 0.556. The minimum Gasteiger partial charge on any atom is -0.324 e. The lowest BCUT2D eigenvalue weighted by Gasteiger charge is -2.08. The third-order valence-electron chi connectivity index (χ3n) is 2.24. The van der Waals surface area contributed by atoms with Crippen LogP contribution in [-0.2, 0) is 9.59 Å². The molecule has 13 heavy (non-hydrogen) atoms. The standard InChI is InChI=1S/C9H14N2O2/c1-3-5-7(6(10)4-2)9(13)11-8(5)12/h6H,3-4,10H2,1-2H3,(H,11,12,13). The maximum Gasteiger partial charge on any atom is 0.256 e. The predicted molar refractivity (Wildman–Crippen MR) is 48.7 cm³/mol. The molecule has 0 bridgehead atoms. The van der Waals surface area contributed by atoms with Gasteiger partial charge >= 0.3 is 0 Å². The van der Waals surface area contributed by atoms with E-state index in [1.807, 2.05) is 13.8 Å². The molecule has 1 unspecified atom stereocenters. The SMILES string of the molecule is CCC1=C(C(N)CC)C(=O)NC1=O. The zero-order valence-corrected chi connectivity index (χ0v) is 7.89. The summed E-state index contributed by atoms with van der Waals surface area (Å²) >= 11 is 0. The van der Waals surface area contributed by atoms with Gasteiger partial charge in [-0.3, -0.25) is 14.9 Å². The van der Waals surface area contributed by atoms with Gasteiger partial charge in [-0.1, -0.05) is 13.8 Å². The molecule has 1 atom stereocenters. The van der Waals surface area contributed by atoms with E-state index >= 15 is 0 Å². The predicted octanol–water partition coefficient (Wildman–Crippen LogP) is 0.0867. The molecule has 0 fully saturated rings. The van der Waals surface area contributed by atoms with Crippen LogP contribution in [0.2, 0.25) is 0 Å². The first-order valence-electron chi connectivity index (χ1n) is 4.46. The second-order valence-corrected chi connectivity index (χ2v) is 3.04. The first-order valence-corrected chi connectivity index (χ1v) is 4.46. The lowest BCUT2D eigenvalue weighted by Crippen LogP contribution is -2.30. The molecule has 0 aromatic rings. The highest BCUT2D eigenvalue weighted by Crippen LogP contribution is 2.19. The topological polar surface area (TPSA) is 72.2 Å². The van der Waals surface area contributed by atoms with E-state index in [1.54, 1.807) is 0 Å². The van der Waals surface area contributed by atoms with Crippen LogP contribution in [-0.4, -0.2) is 17.9 Å². The van der Waals surface area contributed by atoms with Crippen molar-refractivity contribution >= 4 is 11.8 Å². The Bertz CT molecular complexity index is 281. The van der Waals surface area contributed by atoms with E-state index in [0.29, 0.717) is 24.0 Å². The summed E-state index contributed by atoms with van der Waals surface area (Å²) in [6, 6.07) is -0.318. The molecule has 4 heteroatoms. The Labute approximate surface area is 77.2 Å². The molecular formula is C9H14N2O2. The average molecular weight is 182 g/mol. The van der Waals surface area contributed by atoms with E-state index in [4.69, 9.17) is 5.73 Å². The fourth-order valence-electron chi connectivity index (χ4n) is 1.45. The van der Waals surface area contributed by atoms with Crippen molar-refractivity contribution < 1.29 is 9.59 Å². The fourth-order valence-corrected chi connectivity index (χ4v) is 1.45. The molecule has 72 valence electrons. The lowest BCUT2D eigenvalue weighted by molar-refractivity contribution is -0.124. The number of carbonyl (C=O) groups is 2. The van der Waals surface area contributed by atoms with Gasteiger partial charge in [-0.25, -0.2) is 0 Å². The summed E-state index contributed by atoms with van der Waals surface area (Å²) in [6.07, 6.45) is 1.22. The molecule has 0 aliphatic carbocycles. The lowest BCUT2D eigenvalue weighted by atomic mass is 10.00. The van der Waals surface area contributed by atoms with Crippen LogP contribution in [0.25, 0.3) is 0 Å². The smallest absolute Gasteiger partial charge is 0.256 e. The molecular weight excluding hydrogens is 168 g/mol. The Hall–Kier alpha value is -1.16. The first-order chi connectivity index (χ1) is 6.11. The van der Waals surface area contributed by atoms with Gasteiger partial charge in [0.15, 0.2) is 0 Å².